The predicted molar refractivity (Wildman–Crippen MR) is 113 cm³/mol. The van der Waals surface area contributed by atoms with E-state index < -0.39 is 0 Å². The minimum atomic E-state index is 0.253. The standard InChI is InChI=1S/C21H33N5O2/c1-15(14-20-16(2)25-26(5)17(20)3)24-21(22-4)23-12-7-13-28-19-10-8-18(27-6)9-11-19/h8-11,15H,7,12-14H2,1-6H3,(H2,22,23,24). The highest BCUT2D eigenvalue weighted by atomic mass is 16.5. The van der Waals surface area contributed by atoms with Crippen molar-refractivity contribution in [3.8, 4) is 11.5 Å². The molecule has 1 unspecified atom stereocenters. The van der Waals surface area contributed by atoms with Gasteiger partial charge < -0.3 is 20.1 Å². The minimum Gasteiger partial charge on any atom is -0.497 e. The van der Waals surface area contributed by atoms with Crippen LogP contribution in [0.2, 0.25) is 0 Å². The average Bonchev–Trinajstić information content (AvgIpc) is 2.93. The third kappa shape index (κ3) is 6.18. The van der Waals surface area contributed by atoms with Crippen LogP contribution in [-0.2, 0) is 13.5 Å². The molecule has 7 nitrogen and oxygen atoms in total. The molecule has 2 N–H and O–H groups in total. The molecular weight excluding hydrogens is 354 g/mol. The normalized spacial score (nSPS) is 12.6. The monoisotopic (exact) mass is 387 g/mol. The Balaban J connectivity index is 1.70. The van der Waals surface area contributed by atoms with E-state index in [9.17, 15) is 0 Å². The molecule has 1 aromatic heterocycles. The van der Waals surface area contributed by atoms with Crippen LogP contribution >= 0.6 is 0 Å². The molecule has 1 aromatic carbocycles. The molecule has 28 heavy (non-hydrogen) atoms. The molecule has 0 amide bonds. The van der Waals surface area contributed by atoms with Crippen molar-refractivity contribution in [1.82, 2.24) is 20.4 Å². The van der Waals surface area contributed by atoms with Crippen LogP contribution in [0.25, 0.3) is 0 Å². The smallest absolute Gasteiger partial charge is 0.191 e. The fraction of sp³-hybridized carbons (Fsp3) is 0.524. The first-order chi connectivity index (χ1) is 13.4. The lowest BCUT2D eigenvalue weighted by Crippen LogP contribution is -2.43. The molecule has 1 heterocycles. The van der Waals surface area contributed by atoms with Crippen molar-refractivity contribution in [2.45, 2.75) is 39.7 Å². The van der Waals surface area contributed by atoms with Gasteiger partial charge in [0.15, 0.2) is 5.96 Å². The lowest BCUT2D eigenvalue weighted by atomic mass is 10.1. The Morgan fingerprint density at radius 2 is 1.89 bits per heavy atom. The lowest BCUT2D eigenvalue weighted by Gasteiger charge is -2.18. The quantitative estimate of drug-likeness (QED) is 0.393. The van der Waals surface area contributed by atoms with Crippen molar-refractivity contribution < 1.29 is 9.47 Å². The van der Waals surface area contributed by atoms with E-state index in [-0.39, 0.29) is 6.04 Å². The third-order valence-corrected chi connectivity index (χ3v) is 4.72. The van der Waals surface area contributed by atoms with Gasteiger partial charge in [-0.1, -0.05) is 0 Å². The Hall–Kier alpha value is -2.70. The van der Waals surface area contributed by atoms with E-state index >= 15 is 0 Å². The second kappa shape index (κ2) is 10.6. The Morgan fingerprint density at radius 3 is 2.46 bits per heavy atom. The van der Waals surface area contributed by atoms with Crippen molar-refractivity contribution in [1.29, 1.82) is 0 Å². The van der Waals surface area contributed by atoms with Crippen LogP contribution in [0.15, 0.2) is 29.3 Å². The summed E-state index contributed by atoms with van der Waals surface area (Å²) in [6.07, 6.45) is 1.79. The summed E-state index contributed by atoms with van der Waals surface area (Å²) >= 11 is 0. The SMILES string of the molecule is CN=C(NCCCOc1ccc(OC)cc1)NC(C)Cc1c(C)nn(C)c1C. The molecule has 1 atom stereocenters. The van der Waals surface area contributed by atoms with Crippen LogP contribution in [0.3, 0.4) is 0 Å². The van der Waals surface area contributed by atoms with E-state index in [4.69, 9.17) is 9.47 Å². The van der Waals surface area contributed by atoms with E-state index in [0.717, 1.165) is 42.5 Å². The highest BCUT2D eigenvalue weighted by Gasteiger charge is 2.13. The van der Waals surface area contributed by atoms with Gasteiger partial charge in [0.1, 0.15) is 11.5 Å². The van der Waals surface area contributed by atoms with Crippen LogP contribution in [0.1, 0.15) is 30.3 Å². The van der Waals surface area contributed by atoms with Crippen LogP contribution < -0.4 is 20.1 Å². The zero-order valence-electron chi connectivity index (χ0n) is 17.9. The fourth-order valence-electron chi connectivity index (χ4n) is 3.04. The third-order valence-electron chi connectivity index (χ3n) is 4.72. The Morgan fingerprint density at radius 1 is 1.21 bits per heavy atom. The largest absolute Gasteiger partial charge is 0.497 e. The van der Waals surface area contributed by atoms with Crippen LogP contribution in [-0.4, -0.2) is 49.1 Å². The van der Waals surface area contributed by atoms with Crippen molar-refractivity contribution >= 4 is 5.96 Å². The molecule has 154 valence electrons. The number of aryl methyl sites for hydroxylation is 2. The van der Waals surface area contributed by atoms with Crippen molar-refractivity contribution in [3.63, 3.8) is 0 Å². The fourth-order valence-corrected chi connectivity index (χ4v) is 3.04. The number of aliphatic imine (C=N–C) groups is 1. The van der Waals surface area contributed by atoms with Gasteiger partial charge in [-0.15, -0.1) is 0 Å². The summed E-state index contributed by atoms with van der Waals surface area (Å²) in [5.41, 5.74) is 3.60. The Labute approximate surface area is 168 Å². The van der Waals surface area contributed by atoms with Gasteiger partial charge in [0.2, 0.25) is 0 Å². The molecule has 2 rings (SSSR count). The lowest BCUT2D eigenvalue weighted by molar-refractivity contribution is 0.310. The van der Waals surface area contributed by atoms with Gasteiger partial charge in [0.05, 0.1) is 19.4 Å². The molecule has 0 saturated heterocycles. The van der Waals surface area contributed by atoms with E-state index in [2.05, 4.69) is 41.5 Å². The Bertz CT molecular complexity index is 768. The number of guanidine groups is 1. The predicted octanol–water partition coefficient (Wildman–Crippen LogP) is 2.61. The van der Waals surface area contributed by atoms with E-state index in [1.807, 2.05) is 36.0 Å². The highest BCUT2D eigenvalue weighted by Crippen LogP contribution is 2.17. The summed E-state index contributed by atoms with van der Waals surface area (Å²) in [6.45, 7) is 7.75. The summed E-state index contributed by atoms with van der Waals surface area (Å²) in [5, 5.41) is 11.3. The number of ether oxygens (including phenoxy) is 2. The number of nitrogens with one attached hydrogen (secondary N) is 2. The minimum absolute atomic E-state index is 0.253. The van der Waals surface area contributed by atoms with Gasteiger partial charge in [0.25, 0.3) is 0 Å². The molecule has 0 aliphatic rings. The van der Waals surface area contributed by atoms with Crippen molar-refractivity contribution in [2.24, 2.45) is 12.0 Å². The maximum atomic E-state index is 5.74. The van der Waals surface area contributed by atoms with Crippen LogP contribution in [0, 0.1) is 13.8 Å². The average molecular weight is 388 g/mol. The number of aromatic nitrogens is 2. The van der Waals surface area contributed by atoms with E-state index in [1.165, 1.54) is 11.3 Å². The van der Waals surface area contributed by atoms with Gasteiger partial charge in [-0.25, -0.2) is 0 Å². The molecule has 7 heteroatoms. The number of hydrogen-bond acceptors (Lipinski definition) is 4. The highest BCUT2D eigenvalue weighted by molar-refractivity contribution is 5.79. The molecule has 0 radical (unpaired) electrons. The van der Waals surface area contributed by atoms with Crippen LogP contribution in [0.5, 0.6) is 11.5 Å². The summed E-state index contributed by atoms with van der Waals surface area (Å²) < 4.78 is 12.8. The topological polar surface area (TPSA) is 72.7 Å². The molecule has 0 spiro atoms. The number of rotatable bonds is 9. The van der Waals surface area contributed by atoms with Gasteiger partial charge in [-0.2, -0.15) is 5.10 Å². The van der Waals surface area contributed by atoms with E-state index in [1.54, 1.807) is 14.2 Å². The van der Waals surface area contributed by atoms with Crippen LogP contribution in [0.4, 0.5) is 0 Å². The first-order valence-corrected chi connectivity index (χ1v) is 9.67. The number of nitrogens with zero attached hydrogens (tertiary/aromatic N) is 3. The molecule has 0 aliphatic carbocycles. The molecule has 0 fully saturated rings. The van der Waals surface area contributed by atoms with Gasteiger partial charge in [-0.3, -0.25) is 9.67 Å². The summed E-state index contributed by atoms with van der Waals surface area (Å²) in [5.74, 6) is 2.48. The second-order valence-corrected chi connectivity index (χ2v) is 6.90. The van der Waals surface area contributed by atoms with E-state index in [0.29, 0.717) is 6.61 Å². The maximum absolute atomic E-state index is 5.74. The molecule has 0 aliphatic heterocycles. The first-order valence-electron chi connectivity index (χ1n) is 9.67. The Kier molecular flexibility index (Phi) is 8.17. The molecule has 2 aromatic rings. The van der Waals surface area contributed by atoms with Gasteiger partial charge >= 0.3 is 0 Å². The van der Waals surface area contributed by atoms with Gasteiger partial charge in [0, 0.05) is 32.4 Å². The molecular formula is C21H33N5O2. The zero-order valence-corrected chi connectivity index (χ0v) is 17.9. The summed E-state index contributed by atoms with van der Waals surface area (Å²) in [4.78, 5) is 4.31. The second-order valence-electron chi connectivity index (χ2n) is 6.90. The maximum Gasteiger partial charge on any atom is 0.191 e. The molecule has 0 bridgehead atoms. The number of methoxy groups -OCH3 is 1. The zero-order chi connectivity index (χ0) is 20.5. The first kappa shape index (κ1) is 21.6. The van der Waals surface area contributed by atoms with Gasteiger partial charge in [-0.05, 0) is 63.4 Å². The van der Waals surface area contributed by atoms with Crippen molar-refractivity contribution in [3.05, 3.63) is 41.2 Å². The summed E-state index contributed by atoms with van der Waals surface area (Å²) in [7, 11) is 5.43. The summed E-state index contributed by atoms with van der Waals surface area (Å²) in [6, 6.07) is 7.87. The number of benzene rings is 1. The van der Waals surface area contributed by atoms with Crippen molar-refractivity contribution in [2.75, 3.05) is 27.3 Å². The number of hydrogen-bond donors (Lipinski definition) is 2. The molecule has 0 saturated carbocycles.